The van der Waals surface area contributed by atoms with E-state index in [1.54, 1.807) is 0 Å². The van der Waals surface area contributed by atoms with E-state index in [0.29, 0.717) is 6.61 Å². The first-order valence-corrected chi connectivity index (χ1v) is 8.01. The Morgan fingerprint density at radius 1 is 1.25 bits per heavy atom. The Bertz CT molecular complexity index is 270. The van der Waals surface area contributed by atoms with Crippen LogP contribution in [0.3, 0.4) is 0 Å². The van der Waals surface area contributed by atoms with Crippen LogP contribution in [0.1, 0.15) is 26.2 Å². The number of hydrogen-bond acceptors (Lipinski definition) is 5. The van der Waals surface area contributed by atoms with Crippen LogP contribution < -0.4 is 5.32 Å². The van der Waals surface area contributed by atoms with Gasteiger partial charge in [-0.1, -0.05) is 6.92 Å². The highest BCUT2D eigenvalue weighted by molar-refractivity contribution is 4.89. The number of rotatable bonds is 7. The second-order valence-electron chi connectivity index (χ2n) is 6.17. The molecule has 2 saturated heterocycles. The van der Waals surface area contributed by atoms with E-state index in [0.717, 1.165) is 58.8 Å². The van der Waals surface area contributed by atoms with Crippen molar-refractivity contribution in [2.45, 2.75) is 32.2 Å². The number of nitrogens with one attached hydrogen (secondary N) is 1. The zero-order chi connectivity index (χ0) is 14.3. The van der Waals surface area contributed by atoms with Gasteiger partial charge in [-0.15, -0.1) is 0 Å². The van der Waals surface area contributed by atoms with Crippen molar-refractivity contribution >= 4 is 0 Å². The first-order valence-electron chi connectivity index (χ1n) is 8.01. The minimum absolute atomic E-state index is 0.162. The van der Waals surface area contributed by atoms with E-state index in [-0.39, 0.29) is 18.1 Å². The standard InChI is InChI=1S/C15H30N2O3/c1-2-5-16-12-15(3-7-19-8-4-15)13-17-6-9-20-11-14(17)10-18/h14,16,18H,2-13H2,1H3. The van der Waals surface area contributed by atoms with Crippen molar-refractivity contribution in [1.29, 1.82) is 0 Å². The predicted molar refractivity (Wildman–Crippen MR) is 78.9 cm³/mol. The van der Waals surface area contributed by atoms with Gasteiger partial charge in [0, 0.05) is 32.8 Å². The second kappa shape index (κ2) is 8.29. The van der Waals surface area contributed by atoms with Crippen LogP contribution in [-0.2, 0) is 9.47 Å². The molecule has 2 N–H and O–H groups in total. The molecule has 0 radical (unpaired) electrons. The highest BCUT2D eigenvalue weighted by atomic mass is 16.5. The fraction of sp³-hybridized carbons (Fsp3) is 1.00. The highest BCUT2D eigenvalue weighted by Gasteiger charge is 2.36. The Labute approximate surface area is 122 Å². The summed E-state index contributed by atoms with van der Waals surface area (Å²) in [4.78, 5) is 2.42. The molecule has 0 aromatic rings. The van der Waals surface area contributed by atoms with Crippen LogP contribution >= 0.6 is 0 Å². The van der Waals surface area contributed by atoms with Gasteiger partial charge in [0.1, 0.15) is 0 Å². The maximum absolute atomic E-state index is 9.53. The smallest absolute Gasteiger partial charge is 0.0644 e. The van der Waals surface area contributed by atoms with Gasteiger partial charge in [0.05, 0.1) is 25.9 Å². The van der Waals surface area contributed by atoms with Gasteiger partial charge in [-0.25, -0.2) is 0 Å². The van der Waals surface area contributed by atoms with Crippen LogP contribution in [0.2, 0.25) is 0 Å². The third kappa shape index (κ3) is 4.40. The van der Waals surface area contributed by atoms with Crippen molar-refractivity contribution in [3.05, 3.63) is 0 Å². The summed E-state index contributed by atoms with van der Waals surface area (Å²) >= 11 is 0. The van der Waals surface area contributed by atoms with Gasteiger partial charge in [0.2, 0.25) is 0 Å². The minimum Gasteiger partial charge on any atom is -0.395 e. The zero-order valence-corrected chi connectivity index (χ0v) is 12.8. The van der Waals surface area contributed by atoms with E-state index in [9.17, 15) is 5.11 Å². The molecule has 20 heavy (non-hydrogen) atoms. The summed E-state index contributed by atoms with van der Waals surface area (Å²) in [5.41, 5.74) is 0.290. The Kier molecular flexibility index (Phi) is 6.71. The highest BCUT2D eigenvalue weighted by Crippen LogP contribution is 2.32. The molecule has 0 amide bonds. The molecule has 5 nitrogen and oxygen atoms in total. The number of aliphatic hydroxyl groups excluding tert-OH is 1. The lowest BCUT2D eigenvalue weighted by Gasteiger charge is -2.44. The molecule has 0 saturated carbocycles. The van der Waals surface area contributed by atoms with E-state index in [4.69, 9.17) is 9.47 Å². The predicted octanol–water partition coefficient (Wildman–Crippen LogP) is 0.476. The zero-order valence-electron chi connectivity index (χ0n) is 12.8. The quantitative estimate of drug-likeness (QED) is 0.667. The molecule has 0 bridgehead atoms. The summed E-state index contributed by atoms with van der Waals surface area (Å²) in [6, 6.07) is 0.162. The van der Waals surface area contributed by atoms with Crippen molar-refractivity contribution in [3.63, 3.8) is 0 Å². The fourth-order valence-electron chi connectivity index (χ4n) is 3.22. The van der Waals surface area contributed by atoms with E-state index in [1.165, 1.54) is 6.42 Å². The number of ether oxygens (including phenoxy) is 2. The maximum atomic E-state index is 9.53. The monoisotopic (exact) mass is 286 g/mol. The molecule has 2 heterocycles. The molecule has 0 aliphatic carbocycles. The maximum Gasteiger partial charge on any atom is 0.0644 e. The van der Waals surface area contributed by atoms with Gasteiger partial charge in [0.25, 0.3) is 0 Å². The average Bonchev–Trinajstić information content (AvgIpc) is 2.49. The number of morpholine rings is 1. The van der Waals surface area contributed by atoms with Gasteiger partial charge in [-0.2, -0.15) is 0 Å². The second-order valence-corrected chi connectivity index (χ2v) is 6.17. The molecule has 1 atom stereocenters. The summed E-state index contributed by atoms with van der Waals surface area (Å²) in [5.74, 6) is 0. The first-order chi connectivity index (χ1) is 9.79. The van der Waals surface area contributed by atoms with E-state index in [1.807, 2.05) is 0 Å². The van der Waals surface area contributed by atoms with Crippen LogP contribution in [0.15, 0.2) is 0 Å². The van der Waals surface area contributed by atoms with Crippen LogP contribution in [0, 0.1) is 5.41 Å². The topological polar surface area (TPSA) is 54.0 Å². The van der Waals surface area contributed by atoms with E-state index < -0.39 is 0 Å². The van der Waals surface area contributed by atoms with Gasteiger partial charge in [-0.3, -0.25) is 4.90 Å². The average molecular weight is 286 g/mol. The minimum atomic E-state index is 0.162. The molecule has 2 rings (SSSR count). The summed E-state index contributed by atoms with van der Waals surface area (Å²) in [5, 5.41) is 13.1. The molecule has 0 spiro atoms. The first kappa shape index (κ1) is 16.2. The van der Waals surface area contributed by atoms with E-state index in [2.05, 4.69) is 17.1 Å². The van der Waals surface area contributed by atoms with Crippen molar-refractivity contribution in [2.75, 3.05) is 59.2 Å². The molecule has 2 aliphatic heterocycles. The molecule has 2 aliphatic rings. The van der Waals surface area contributed by atoms with Crippen LogP contribution in [-0.4, -0.2) is 75.3 Å². The molecule has 118 valence electrons. The number of nitrogens with zero attached hydrogens (tertiary/aromatic N) is 1. The number of hydrogen-bond donors (Lipinski definition) is 2. The molecule has 2 fully saturated rings. The third-order valence-electron chi connectivity index (χ3n) is 4.58. The van der Waals surface area contributed by atoms with Crippen molar-refractivity contribution in [1.82, 2.24) is 10.2 Å². The Balaban J connectivity index is 1.94. The number of aliphatic hydroxyl groups is 1. The molecular formula is C15H30N2O3. The Hall–Kier alpha value is -0.200. The lowest BCUT2D eigenvalue weighted by molar-refractivity contribution is -0.0651. The van der Waals surface area contributed by atoms with Gasteiger partial charge in [-0.05, 0) is 31.2 Å². The van der Waals surface area contributed by atoms with Gasteiger partial charge in [0.15, 0.2) is 0 Å². The van der Waals surface area contributed by atoms with Crippen molar-refractivity contribution in [2.24, 2.45) is 5.41 Å². The van der Waals surface area contributed by atoms with Crippen LogP contribution in [0.4, 0.5) is 0 Å². The lowest BCUT2D eigenvalue weighted by Crippen LogP contribution is -2.55. The molecule has 5 heteroatoms. The summed E-state index contributed by atoms with van der Waals surface area (Å²) in [6.45, 7) is 9.67. The van der Waals surface area contributed by atoms with Crippen molar-refractivity contribution < 1.29 is 14.6 Å². The van der Waals surface area contributed by atoms with E-state index >= 15 is 0 Å². The largest absolute Gasteiger partial charge is 0.395 e. The molecule has 0 aromatic carbocycles. The van der Waals surface area contributed by atoms with Crippen molar-refractivity contribution in [3.8, 4) is 0 Å². The summed E-state index contributed by atoms with van der Waals surface area (Å²) in [6.07, 6.45) is 3.39. The Morgan fingerprint density at radius 3 is 2.75 bits per heavy atom. The molecule has 0 aromatic heterocycles. The van der Waals surface area contributed by atoms with Gasteiger partial charge >= 0.3 is 0 Å². The fourth-order valence-corrected chi connectivity index (χ4v) is 3.22. The van der Waals surface area contributed by atoms with Crippen LogP contribution in [0.25, 0.3) is 0 Å². The molecular weight excluding hydrogens is 256 g/mol. The van der Waals surface area contributed by atoms with Gasteiger partial charge < -0.3 is 19.9 Å². The lowest BCUT2D eigenvalue weighted by atomic mass is 9.79. The normalized spacial score (nSPS) is 27.6. The molecule has 1 unspecified atom stereocenters. The SMILES string of the molecule is CCCNCC1(CN2CCOCC2CO)CCOCC1. The third-order valence-corrected chi connectivity index (χ3v) is 4.58. The summed E-state index contributed by atoms with van der Waals surface area (Å²) < 4.78 is 11.0. The Morgan fingerprint density at radius 2 is 2.05 bits per heavy atom. The van der Waals surface area contributed by atoms with Crippen LogP contribution in [0.5, 0.6) is 0 Å². The summed E-state index contributed by atoms with van der Waals surface area (Å²) in [7, 11) is 0.